The Hall–Kier alpha value is -2.11. The number of hydrazine groups is 1. The number of nitrogens with two attached hydrogens (primary N) is 1. The zero-order valence-corrected chi connectivity index (χ0v) is 10.7. The van der Waals surface area contributed by atoms with Crippen LogP contribution in [0.1, 0.15) is 27.4 Å². The standard InChI is InChI=1S/C14H16N2O3/c1-10-13(14(17)16-15)7-12(19-10)9-18-8-11-5-3-2-4-6-11/h2-7H,8-9,15H2,1H3,(H,16,17). The summed E-state index contributed by atoms with van der Waals surface area (Å²) < 4.78 is 11.0. The number of hydrogen-bond acceptors (Lipinski definition) is 4. The molecule has 100 valence electrons. The molecule has 2 aromatic rings. The van der Waals surface area contributed by atoms with Gasteiger partial charge in [-0.2, -0.15) is 0 Å². The molecular weight excluding hydrogens is 244 g/mol. The van der Waals surface area contributed by atoms with E-state index in [4.69, 9.17) is 15.0 Å². The third-order valence-electron chi connectivity index (χ3n) is 2.70. The number of aryl methyl sites for hydroxylation is 1. The van der Waals surface area contributed by atoms with Crippen LogP contribution in [0, 0.1) is 6.92 Å². The van der Waals surface area contributed by atoms with E-state index in [0.717, 1.165) is 5.56 Å². The van der Waals surface area contributed by atoms with Crippen LogP contribution in [-0.4, -0.2) is 5.91 Å². The first-order valence-corrected chi connectivity index (χ1v) is 5.92. The maximum atomic E-state index is 11.4. The molecule has 1 amide bonds. The van der Waals surface area contributed by atoms with Gasteiger partial charge in [-0.05, 0) is 18.6 Å². The molecule has 1 aromatic carbocycles. The Labute approximate surface area is 111 Å². The van der Waals surface area contributed by atoms with Crippen molar-refractivity contribution in [1.29, 1.82) is 0 Å². The second-order valence-electron chi connectivity index (χ2n) is 4.13. The van der Waals surface area contributed by atoms with Crippen LogP contribution in [0.4, 0.5) is 0 Å². The summed E-state index contributed by atoms with van der Waals surface area (Å²) in [4.78, 5) is 11.4. The smallest absolute Gasteiger partial charge is 0.268 e. The minimum atomic E-state index is -0.365. The maximum Gasteiger partial charge on any atom is 0.268 e. The first kappa shape index (κ1) is 13.3. The van der Waals surface area contributed by atoms with Crippen molar-refractivity contribution >= 4 is 5.91 Å². The van der Waals surface area contributed by atoms with E-state index in [0.29, 0.717) is 30.3 Å². The van der Waals surface area contributed by atoms with Crippen LogP contribution in [0.3, 0.4) is 0 Å². The third kappa shape index (κ3) is 3.43. The number of ether oxygens (including phenoxy) is 1. The predicted molar refractivity (Wildman–Crippen MR) is 70.0 cm³/mol. The number of amides is 1. The van der Waals surface area contributed by atoms with Gasteiger partial charge in [0.2, 0.25) is 0 Å². The lowest BCUT2D eigenvalue weighted by molar-refractivity contribution is 0.0923. The number of benzene rings is 1. The zero-order chi connectivity index (χ0) is 13.7. The quantitative estimate of drug-likeness (QED) is 0.489. The molecule has 5 heteroatoms. The molecule has 0 atom stereocenters. The Balaban J connectivity index is 1.92. The molecule has 19 heavy (non-hydrogen) atoms. The first-order valence-electron chi connectivity index (χ1n) is 5.92. The summed E-state index contributed by atoms with van der Waals surface area (Å²) in [6, 6.07) is 11.5. The van der Waals surface area contributed by atoms with Crippen molar-refractivity contribution in [3.63, 3.8) is 0 Å². The molecule has 1 heterocycles. The van der Waals surface area contributed by atoms with Crippen molar-refractivity contribution in [2.45, 2.75) is 20.1 Å². The van der Waals surface area contributed by atoms with Crippen LogP contribution in [0.5, 0.6) is 0 Å². The molecule has 0 bridgehead atoms. The summed E-state index contributed by atoms with van der Waals surface area (Å²) in [5.74, 6) is 5.85. The molecular formula is C14H16N2O3. The number of carbonyl (C=O) groups excluding carboxylic acids is 1. The molecule has 0 aliphatic carbocycles. The lowest BCUT2D eigenvalue weighted by Crippen LogP contribution is -2.30. The normalized spacial score (nSPS) is 10.4. The van der Waals surface area contributed by atoms with Crippen molar-refractivity contribution in [3.05, 3.63) is 59.0 Å². The van der Waals surface area contributed by atoms with E-state index in [2.05, 4.69) is 5.43 Å². The average Bonchev–Trinajstić information content (AvgIpc) is 2.80. The highest BCUT2D eigenvalue weighted by Gasteiger charge is 2.13. The van der Waals surface area contributed by atoms with Gasteiger partial charge in [0.1, 0.15) is 18.1 Å². The van der Waals surface area contributed by atoms with Gasteiger partial charge in [-0.3, -0.25) is 10.2 Å². The van der Waals surface area contributed by atoms with Crippen molar-refractivity contribution in [2.75, 3.05) is 0 Å². The molecule has 0 aliphatic rings. The van der Waals surface area contributed by atoms with Crippen LogP contribution in [0.15, 0.2) is 40.8 Å². The van der Waals surface area contributed by atoms with Gasteiger partial charge in [-0.15, -0.1) is 0 Å². The molecule has 0 unspecified atom stereocenters. The van der Waals surface area contributed by atoms with Gasteiger partial charge in [0.15, 0.2) is 0 Å². The molecule has 5 nitrogen and oxygen atoms in total. The Kier molecular flexibility index (Phi) is 4.33. The van der Waals surface area contributed by atoms with E-state index in [1.807, 2.05) is 30.3 Å². The number of nitrogen functional groups attached to an aromatic ring is 1. The van der Waals surface area contributed by atoms with E-state index in [1.165, 1.54) is 0 Å². The lowest BCUT2D eigenvalue weighted by atomic mass is 10.2. The Bertz CT molecular complexity index is 549. The highest BCUT2D eigenvalue weighted by molar-refractivity contribution is 5.94. The molecule has 0 aliphatic heterocycles. The third-order valence-corrected chi connectivity index (χ3v) is 2.70. The van der Waals surface area contributed by atoms with E-state index >= 15 is 0 Å². The Morgan fingerprint density at radius 2 is 2.05 bits per heavy atom. The summed E-state index contributed by atoms with van der Waals surface area (Å²) in [7, 11) is 0. The molecule has 0 spiro atoms. The van der Waals surface area contributed by atoms with E-state index in [9.17, 15) is 4.79 Å². The van der Waals surface area contributed by atoms with E-state index in [1.54, 1.807) is 13.0 Å². The average molecular weight is 260 g/mol. The lowest BCUT2D eigenvalue weighted by Gasteiger charge is -2.01. The summed E-state index contributed by atoms with van der Waals surface area (Å²) in [5.41, 5.74) is 3.60. The Morgan fingerprint density at radius 3 is 2.74 bits per heavy atom. The fraction of sp³-hybridized carbons (Fsp3) is 0.214. The van der Waals surface area contributed by atoms with Gasteiger partial charge >= 0.3 is 0 Å². The summed E-state index contributed by atoms with van der Waals surface area (Å²) in [5, 5.41) is 0. The number of furan rings is 1. The first-order chi connectivity index (χ1) is 9.20. The van der Waals surface area contributed by atoms with Gasteiger partial charge in [-0.1, -0.05) is 30.3 Å². The fourth-order valence-electron chi connectivity index (χ4n) is 1.76. The zero-order valence-electron chi connectivity index (χ0n) is 10.7. The van der Waals surface area contributed by atoms with Crippen molar-refractivity contribution < 1.29 is 13.9 Å². The van der Waals surface area contributed by atoms with Crippen molar-refractivity contribution in [3.8, 4) is 0 Å². The topological polar surface area (TPSA) is 77.5 Å². The summed E-state index contributed by atoms with van der Waals surface area (Å²) >= 11 is 0. The molecule has 0 saturated heterocycles. The van der Waals surface area contributed by atoms with Gasteiger partial charge in [0, 0.05) is 0 Å². The Morgan fingerprint density at radius 1 is 1.32 bits per heavy atom. The molecule has 1 aromatic heterocycles. The van der Waals surface area contributed by atoms with Crippen molar-refractivity contribution in [1.82, 2.24) is 5.43 Å². The summed E-state index contributed by atoms with van der Waals surface area (Å²) in [6.07, 6.45) is 0. The van der Waals surface area contributed by atoms with Crippen LogP contribution < -0.4 is 11.3 Å². The van der Waals surface area contributed by atoms with Crippen LogP contribution >= 0.6 is 0 Å². The van der Waals surface area contributed by atoms with Gasteiger partial charge in [-0.25, -0.2) is 5.84 Å². The van der Waals surface area contributed by atoms with Crippen molar-refractivity contribution in [2.24, 2.45) is 5.84 Å². The minimum absolute atomic E-state index is 0.313. The highest BCUT2D eigenvalue weighted by Crippen LogP contribution is 2.15. The molecule has 0 saturated carbocycles. The molecule has 0 fully saturated rings. The van der Waals surface area contributed by atoms with E-state index in [-0.39, 0.29) is 5.91 Å². The highest BCUT2D eigenvalue weighted by atomic mass is 16.5. The number of carbonyl (C=O) groups is 1. The fourth-order valence-corrected chi connectivity index (χ4v) is 1.76. The van der Waals surface area contributed by atoms with Crippen LogP contribution in [0.2, 0.25) is 0 Å². The van der Waals surface area contributed by atoms with Gasteiger partial charge in [0.25, 0.3) is 5.91 Å². The number of rotatable bonds is 5. The second kappa shape index (κ2) is 6.17. The number of hydrogen-bond donors (Lipinski definition) is 2. The van der Waals surface area contributed by atoms with E-state index < -0.39 is 0 Å². The maximum absolute atomic E-state index is 11.4. The monoisotopic (exact) mass is 260 g/mol. The minimum Gasteiger partial charge on any atom is -0.463 e. The number of nitrogens with one attached hydrogen (secondary N) is 1. The van der Waals surface area contributed by atoms with Gasteiger partial charge in [0.05, 0.1) is 12.2 Å². The predicted octanol–water partition coefficient (Wildman–Crippen LogP) is 1.91. The molecule has 3 N–H and O–H groups in total. The summed E-state index contributed by atoms with van der Waals surface area (Å²) in [6.45, 7) is 2.53. The largest absolute Gasteiger partial charge is 0.463 e. The molecule has 2 rings (SSSR count). The van der Waals surface area contributed by atoms with Crippen LogP contribution in [-0.2, 0) is 18.0 Å². The second-order valence-corrected chi connectivity index (χ2v) is 4.13. The van der Waals surface area contributed by atoms with Crippen LogP contribution in [0.25, 0.3) is 0 Å². The molecule has 0 radical (unpaired) electrons. The SMILES string of the molecule is Cc1oc(COCc2ccccc2)cc1C(=O)NN. The van der Waals surface area contributed by atoms with Gasteiger partial charge < -0.3 is 9.15 Å².